The normalized spacial score (nSPS) is 13.6. The van der Waals surface area contributed by atoms with Crippen LogP contribution in [0.3, 0.4) is 0 Å². The summed E-state index contributed by atoms with van der Waals surface area (Å²) in [5.74, 6) is 2.05. The van der Waals surface area contributed by atoms with Gasteiger partial charge in [0.25, 0.3) is 0 Å². The average molecular weight is 289 g/mol. The van der Waals surface area contributed by atoms with Crippen LogP contribution < -0.4 is 0 Å². The summed E-state index contributed by atoms with van der Waals surface area (Å²) in [7, 11) is 0. The molecule has 0 spiro atoms. The summed E-state index contributed by atoms with van der Waals surface area (Å²) >= 11 is 4.67. The third kappa shape index (κ3) is 9.71. The van der Waals surface area contributed by atoms with Gasteiger partial charge >= 0.3 is 0 Å². The van der Waals surface area contributed by atoms with E-state index in [-0.39, 0.29) is 0 Å². The van der Waals surface area contributed by atoms with Crippen LogP contribution in [0.2, 0.25) is 0 Å². The lowest BCUT2D eigenvalue weighted by molar-refractivity contribution is 0.786. The van der Waals surface area contributed by atoms with Crippen LogP contribution in [0.25, 0.3) is 0 Å². The molecular formula is C12H20N2S3. The monoisotopic (exact) mass is 288 g/mol. The maximum atomic E-state index is 8.70. The fourth-order valence-electron chi connectivity index (χ4n) is 1.48. The van der Waals surface area contributed by atoms with Crippen LogP contribution in [0.15, 0.2) is 0 Å². The van der Waals surface area contributed by atoms with Crippen molar-refractivity contribution in [3.8, 4) is 10.8 Å². The third-order valence-corrected chi connectivity index (χ3v) is 5.65. The number of rotatable bonds is 10. The SMILES string of the molecule is CCCC(CSCC(CCC)SC#N)SC#N. The zero-order valence-corrected chi connectivity index (χ0v) is 13.0. The highest BCUT2D eigenvalue weighted by molar-refractivity contribution is 8.07. The molecule has 0 N–H and O–H groups in total. The van der Waals surface area contributed by atoms with Crippen LogP contribution >= 0.6 is 35.3 Å². The van der Waals surface area contributed by atoms with Crippen LogP contribution in [-0.2, 0) is 0 Å². The van der Waals surface area contributed by atoms with Crippen molar-refractivity contribution >= 4 is 35.3 Å². The molecule has 0 bridgehead atoms. The Bertz CT molecular complexity index is 231. The van der Waals surface area contributed by atoms with Gasteiger partial charge in [-0.2, -0.15) is 22.3 Å². The molecule has 0 saturated heterocycles. The summed E-state index contributed by atoms with van der Waals surface area (Å²) in [6.07, 6.45) is 4.47. The Balaban J connectivity index is 3.83. The predicted octanol–water partition coefficient (Wildman–Crippen LogP) is 4.49. The Morgan fingerprint density at radius 3 is 1.59 bits per heavy atom. The standard InChI is InChI=1S/C12H20N2S3/c1-3-5-11(16-9-13)7-15-8-12(6-4-2)17-10-14/h11-12H,3-8H2,1-2H3. The fraction of sp³-hybridized carbons (Fsp3) is 0.833. The largest absolute Gasteiger partial charge is 0.185 e. The third-order valence-electron chi connectivity index (χ3n) is 2.27. The van der Waals surface area contributed by atoms with Gasteiger partial charge in [0.15, 0.2) is 0 Å². The van der Waals surface area contributed by atoms with E-state index in [0.29, 0.717) is 10.5 Å². The second-order valence-electron chi connectivity index (χ2n) is 3.78. The smallest absolute Gasteiger partial charge is 0.133 e. The lowest BCUT2D eigenvalue weighted by Gasteiger charge is -2.14. The molecule has 0 aliphatic rings. The van der Waals surface area contributed by atoms with E-state index in [1.54, 1.807) is 0 Å². The van der Waals surface area contributed by atoms with Gasteiger partial charge in [-0.25, -0.2) is 0 Å². The summed E-state index contributed by atoms with van der Waals surface area (Å²) in [6, 6.07) is 0. The van der Waals surface area contributed by atoms with E-state index in [1.807, 2.05) is 11.8 Å². The molecule has 0 heterocycles. The van der Waals surface area contributed by atoms with Crippen molar-refractivity contribution in [1.29, 1.82) is 10.5 Å². The summed E-state index contributed by atoms with van der Waals surface area (Å²) in [6.45, 7) is 4.31. The lowest BCUT2D eigenvalue weighted by atomic mass is 10.3. The Labute approximate surface area is 118 Å². The molecule has 0 aromatic heterocycles. The topological polar surface area (TPSA) is 47.6 Å². The summed E-state index contributed by atoms with van der Waals surface area (Å²) < 4.78 is 0. The van der Waals surface area contributed by atoms with Crippen molar-refractivity contribution in [2.45, 2.75) is 50.0 Å². The number of hydrogen-bond donors (Lipinski definition) is 0. The molecule has 2 unspecified atom stereocenters. The van der Waals surface area contributed by atoms with Crippen molar-refractivity contribution in [1.82, 2.24) is 0 Å². The van der Waals surface area contributed by atoms with E-state index in [0.717, 1.165) is 37.2 Å². The molecule has 0 radical (unpaired) electrons. The van der Waals surface area contributed by atoms with Crippen molar-refractivity contribution in [3.63, 3.8) is 0 Å². The number of thioether (sulfide) groups is 3. The zero-order valence-electron chi connectivity index (χ0n) is 10.5. The van der Waals surface area contributed by atoms with Crippen molar-refractivity contribution in [2.75, 3.05) is 11.5 Å². The van der Waals surface area contributed by atoms with Crippen LogP contribution in [0.1, 0.15) is 39.5 Å². The number of hydrogen-bond acceptors (Lipinski definition) is 5. The molecular weight excluding hydrogens is 268 g/mol. The van der Waals surface area contributed by atoms with Crippen LogP contribution in [-0.4, -0.2) is 22.0 Å². The van der Waals surface area contributed by atoms with Gasteiger partial charge in [-0.15, -0.1) is 0 Å². The maximum Gasteiger partial charge on any atom is 0.133 e. The molecule has 96 valence electrons. The highest BCUT2D eigenvalue weighted by atomic mass is 32.2. The zero-order chi connectivity index (χ0) is 12.9. The molecule has 0 aromatic carbocycles. The second-order valence-corrected chi connectivity index (χ2v) is 7.02. The number of nitrogens with zero attached hydrogens (tertiary/aromatic N) is 2. The summed E-state index contributed by atoms with van der Waals surface area (Å²) in [5.41, 5.74) is 0. The molecule has 0 aliphatic carbocycles. The van der Waals surface area contributed by atoms with Crippen LogP contribution in [0.4, 0.5) is 0 Å². The van der Waals surface area contributed by atoms with E-state index in [2.05, 4.69) is 24.6 Å². The quantitative estimate of drug-likeness (QED) is 0.554. The molecule has 2 nitrogen and oxygen atoms in total. The predicted molar refractivity (Wildman–Crippen MR) is 81.1 cm³/mol. The minimum absolute atomic E-state index is 0.448. The van der Waals surface area contributed by atoms with Gasteiger partial charge in [-0.3, -0.25) is 0 Å². The van der Waals surface area contributed by atoms with E-state index < -0.39 is 0 Å². The molecule has 0 aromatic rings. The van der Waals surface area contributed by atoms with E-state index >= 15 is 0 Å². The Morgan fingerprint density at radius 2 is 1.29 bits per heavy atom. The van der Waals surface area contributed by atoms with Gasteiger partial charge in [0.05, 0.1) is 0 Å². The fourth-order valence-corrected chi connectivity index (χ4v) is 4.60. The highest BCUT2D eigenvalue weighted by Crippen LogP contribution is 2.24. The first kappa shape index (κ1) is 17.0. The summed E-state index contributed by atoms with van der Waals surface area (Å²) in [4.78, 5) is 0. The van der Waals surface area contributed by atoms with Crippen molar-refractivity contribution < 1.29 is 0 Å². The number of nitriles is 2. The minimum Gasteiger partial charge on any atom is -0.185 e. The highest BCUT2D eigenvalue weighted by Gasteiger charge is 2.12. The first-order valence-electron chi connectivity index (χ1n) is 5.95. The van der Waals surface area contributed by atoms with Gasteiger partial charge in [0.2, 0.25) is 0 Å². The Morgan fingerprint density at radius 1 is 0.882 bits per heavy atom. The molecule has 5 heteroatoms. The van der Waals surface area contributed by atoms with Crippen molar-refractivity contribution in [3.05, 3.63) is 0 Å². The van der Waals surface area contributed by atoms with Crippen molar-refractivity contribution in [2.24, 2.45) is 0 Å². The first-order valence-corrected chi connectivity index (χ1v) is 8.87. The average Bonchev–Trinajstić information content (AvgIpc) is 2.30. The minimum atomic E-state index is 0.448. The maximum absolute atomic E-state index is 8.70. The van der Waals surface area contributed by atoms with Crippen LogP contribution in [0.5, 0.6) is 0 Å². The van der Waals surface area contributed by atoms with E-state index in [4.69, 9.17) is 10.5 Å². The molecule has 0 saturated carbocycles. The molecule has 0 aliphatic heterocycles. The molecule has 0 amide bonds. The van der Waals surface area contributed by atoms with Crippen LogP contribution in [0, 0.1) is 21.3 Å². The Hall–Kier alpha value is 0.0300. The van der Waals surface area contributed by atoms with Gasteiger partial charge in [0, 0.05) is 22.0 Å². The molecule has 2 atom stereocenters. The second kappa shape index (κ2) is 12.5. The van der Waals surface area contributed by atoms with E-state index in [9.17, 15) is 0 Å². The lowest BCUT2D eigenvalue weighted by Crippen LogP contribution is -2.10. The van der Waals surface area contributed by atoms with Gasteiger partial charge in [-0.1, -0.05) is 26.7 Å². The number of thiocyanates is 2. The molecule has 0 rings (SSSR count). The molecule has 17 heavy (non-hydrogen) atoms. The molecule has 0 fully saturated rings. The summed E-state index contributed by atoms with van der Waals surface area (Å²) in [5, 5.41) is 22.7. The Kier molecular flexibility index (Phi) is 12.5. The van der Waals surface area contributed by atoms with Gasteiger partial charge in [0.1, 0.15) is 10.8 Å². The van der Waals surface area contributed by atoms with Gasteiger partial charge < -0.3 is 0 Å². The van der Waals surface area contributed by atoms with Gasteiger partial charge in [-0.05, 0) is 36.4 Å². The van der Waals surface area contributed by atoms with E-state index in [1.165, 1.54) is 23.5 Å². The first-order chi connectivity index (χ1) is 8.28.